The highest BCUT2D eigenvalue weighted by Crippen LogP contribution is 2.15. The van der Waals surface area contributed by atoms with Crippen LogP contribution >= 0.6 is 11.6 Å². The number of ketones is 1. The van der Waals surface area contributed by atoms with E-state index in [1.165, 1.54) is 13.0 Å². The molecule has 0 unspecified atom stereocenters. The van der Waals surface area contributed by atoms with Gasteiger partial charge in [-0.15, -0.1) is 0 Å². The Balaban J connectivity index is 1.99. The van der Waals surface area contributed by atoms with Gasteiger partial charge in [-0.05, 0) is 32.0 Å². The van der Waals surface area contributed by atoms with E-state index in [0.717, 1.165) is 0 Å². The minimum Gasteiger partial charge on any atom is -0.428 e. The van der Waals surface area contributed by atoms with Gasteiger partial charge in [-0.3, -0.25) is 20.4 Å². The Bertz CT molecular complexity index is 832. The van der Waals surface area contributed by atoms with E-state index < -0.39 is 17.3 Å². The standard InChI is InChI=1S/C16H16ClN3O4/c1-9-6-13(15(10(2)21)16(23)24-9)19-20-14(22)8-18-12-5-3-4-11(17)7-12/h3-7,18-19H,8H2,1-2H3,(H,20,22). The molecular formula is C16H16ClN3O4. The minimum absolute atomic E-state index is 0.0246. The Morgan fingerprint density at radius 1 is 1.25 bits per heavy atom. The van der Waals surface area contributed by atoms with Crippen molar-refractivity contribution in [1.82, 2.24) is 5.43 Å². The number of nitrogens with one attached hydrogen (secondary N) is 3. The Morgan fingerprint density at radius 2 is 2.00 bits per heavy atom. The fourth-order valence-corrected chi connectivity index (χ4v) is 2.20. The SMILES string of the molecule is CC(=O)c1c(NNC(=O)CNc2cccc(Cl)c2)cc(C)oc1=O. The Hall–Kier alpha value is -2.80. The van der Waals surface area contributed by atoms with Crippen molar-refractivity contribution in [3.63, 3.8) is 0 Å². The van der Waals surface area contributed by atoms with E-state index in [1.807, 2.05) is 0 Å². The van der Waals surface area contributed by atoms with Gasteiger partial charge in [0.25, 0.3) is 5.91 Å². The normalized spacial score (nSPS) is 10.1. The van der Waals surface area contributed by atoms with Crippen molar-refractivity contribution < 1.29 is 14.0 Å². The van der Waals surface area contributed by atoms with Gasteiger partial charge >= 0.3 is 5.63 Å². The second-order valence-electron chi connectivity index (χ2n) is 5.03. The molecule has 1 heterocycles. The first-order chi connectivity index (χ1) is 11.4. The van der Waals surface area contributed by atoms with Crippen molar-refractivity contribution in [2.45, 2.75) is 13.8 Å². The molecule has 0 atom stereocenters. The summed E-state index contributed by atoms with van der Waals surface area (Å²) >= 11 is 5.85. The number of hydrogen-bond acceptors (Lipinski definition) is 6. The lowest BCUT2D eigenvalue weighted by molar-refractivity contribution is -0.118. The molecule has 1 aromatic heterocycles. The first-order valence-corrected chi connectivity index (χ1v) is 7.44. The number of rotatable bonds is 6. The summed E-state index contributed by atoms with van der Waals surface area (Å²) in [5.74, 6) is -0.535. The number of Topliss-reactive ketones (excluding diaryl/α,β-unsaturated/α-hetero) is 1. The fraction of sp³-hybridized carbons (Fsp3) is 0.188. The number of hydrogen-bond donors (Lipinski definition) is 3. The van der Waals surface area contributed by atoms with E-state index in [9.17, 15) is 14.4 Å². The third kappa shape index (κ3) is 4.60. The largest absolute Gasteiger partial charge is 0.428 e. The molecule has 24 heavy (non-hydrogen) atoms. The number of hydrazine groups is 1. The highest BCUT2D eigenvalue weighted by molar-refractivity contribution is 6.30. The maximum absolute atomic E-state index is 11.9. The number of carbonyl (C=O) groups is 2. The van der Waals surface area contributed by atoms with Gasteiger partial charge in [0.15, 0.2) is 5.78 Å². The summed E-state index contributed by atoms with van der Waals surface area (Å²) in [4.78, 5) is 35.1. The zero-order valence-electron chi connectivity index (χ0n) is 13.1. The maximum atomic E-state index is 11.9. The molecule has 0 radical (unpaired) electrons. The Morgan fingerprint density at radius 3 is 2.67 bits per heavy atom. The van der Waals surface area contributed by atoms with Crippen molar-refractivity contribution in [2.24, 2.45) is 0 Å². The molecule has 0 fully saturated rings. The zero-order valence-corrected chi connectivity index (χ0v) is 13.9. The molecule has 0 aliphatic carbocycles. The molecule has 0 spiro atoms. The van der Waals surface area contributed by atoms with Crippen LogP contribution in [-0.4, -0.2) is 18.2 Å². The molecule has 2 aromatic rings. The highest BCUT2D eigenvalue weighted by atomic mass is 35.5. The molecule has 0 saturated carbocycles. The van der Waals surface area contributed by atoms with Crippen LogP contribution in [0.5, 0.6) is 0 Å². The van der Waals surface area contributed by atoms with Crippen LogP contribution in [0.4, 0.5) is 11.4 Å². The Kier molecular flexibility index (Phi) is 5.59. The molecular weight excluding hydrogens is 334 g/mol. The number of carbonyl (C=O) groups excluding carboxylic acids is 2. The average molecular weight is 350 g/mol. The van der Waals surface area contributed by atoms with Crippen LogP contribution in [0.3, 0.4) is 0 Å². The summed E-state index contributed by atoms with van der Waals surface area (Å²) in [6.45, 7) is 2.79. The number of halogens is 1. The van der Waals surface area contributed by atoms with Crippen LogP contribution in [0.2, 0.25) is 5.02 Å². The molecule has 0 saturated heterocycles. The third-order valence-corrected chi connectivity index (χ3v) is 3.28. The second-order valence-corrected chi connectivity index (χ2v) is 5.46. The second kappa shape index (κ2) is 7.65. The van der Waals surface area contributed by atoms with Gasteiger partial charge < -0.3 is 9.73 Å². The highest BCUT2D eigenvalue weighted by Gasteiger charge is 2.15. The van der Waals surface area contributed by atoms with Crippen molar-refractivity contribution in [1.29, 1.82) is 0 Å². The third-order valence-electron chi connectivity index (χ3n) is 3.04. The molecule has 1 aromatic carbocycles. The number of benzene rings is 1. The molecule has 2 rings (SSSR count). The van der Waals surface area contributed by atoms with Crippen LogP contribution in [0, 0.1) is 6.92 Å². The lowest BCUT2D eigenvalue weighted by Gasteiger charge is -2.12. The molecule has 0 aliphatic heterocycles. The van der Waals surface area contributed by atoms with Gasteiger partial charge in [0, 0.05) is 16.8 Å². The van der Waals surface area contributed by atoms with E-state index in [-0.39, 0.29) is 17.8 Å². The summed E-state index contributed by atoms with van der Waals surface area (Å²) in [7, 11) is 0. The predicted molar refractivity (Wildman–Crippen MR) is 91.4 cm³/mol. The maximum Gasteiger partial charge on any atom is 0.349 e. The van der Waals surface area contributed by atoms with Crippen LogP contribution in [0.25, 0.3) is 0 Å². The summed E-state index contributed by atoms with van der Waals surface area (Å²) in [6.07, 6.45) is 0. The van der Waals surface area contributed by atoms with Crippen molar-refractivity contribution in [3.05, 3.63) is 57.1 Å². The van der Waals surface area contributed by atoms with E-state index in [0.29, 0.717) is 16.5 Å². The summed E-state index contributed by atoms with van der Waals surface area (Å²) < 4.78 is 4.88. The molecule has 126 valence electrons. The minimum atomic E-state index is -0.753. The molecule has 0 bridgehead atoms. The molecule has 0 aliphatic rings. The van der Waals surface area contributed by atoms with Gasteiger partial charge in [-0.25, -0.2) is 4.79 Å². The van der Waals surface area contributed by atoms with Gasteiger partial charge in [0.1, 0.15) is 11.3 Å². The van der Waals surface area contributed by atoms with E-state index in [1.54, 1.807) is 31.2 Å². The van der Waals surface area contributed by atoms with Gasteiger partial charge in [0.05, 0.1) is 12.2 Å². The first-order valence-electron chi connectivity index (χ1n) is 7.07. The molecule has 8 heteroatoms. The van der Waals surface area contributed by atoms with Gasteiger partial charge in [-0.2, -0.15) is 0 Å². The fourth-order valence-electron chi connectivity index (χ4n) is 2.01. The number of anilines is 2. The van der Waals surface area contributed by atoms with Gasteiger partial charge in [0.2, 0.25) is 0 Å². The van der Waals surface area contributed by atoms with Crippen LogP contribution < -0.4 is 21.8 Å². The van der Waals surface area contributed by atoms with Crippen molar-refractivity contribution in [3.8, 4) is 0 Å². The monoisotopic (exact) mass is 349 g/mol. The predicted octanol–water partition coefficient (Wildman–Crippen LogP) is 2.36. The van der Waals surface area contributed by atoms with E-state index >= 15 is 0 Å². The number of amides is 1. The smallest absolute Gasteiger partial charge is 0.349 e. The van der Waals surface area contributed by atoms with Crippen molar-refractivity contribution >= 4 is 34.7 Å². The molecule has 3 N–H and O–H groups in total. The summed E-state index contributed by atoms with van der Waals surface area (Å²) in [6, 6.07) is 8.39. The first kappa shape index (κ1) is 17.6. The van der Waals surface area contributed by atoms with Crippen molar-refractivity contribution in [2.75, 3.05) is 17.3 Å². The lowest BCUT2D eigenvalue weighted by atomic mass is 10.1. The topological polar surface area (TPSA) is 100 Å². The van der Waals surface area contributed by atoms with E-state index in [4.69, 9.17) is 16.0 Å². The van der Waals surface area contributed by atoms with E-state index in [2.05, 4.69) is 16.2 Å². The van der Waals surface area contributed by atoms with Crippen LogP contribution in [0.15, 0.2) is 39.5 Å². The van der Waals surface area contributed by atoms with Crippen LogP contribution in [-0.2, 0) is 4.79 Å². The Labute approximate surface area is 143 Å². The molecule has 1 amide bonds. The number of aryl methyl sites for hydroxylation is 1. The quantitative estimate of drug-likeness (QED) is 0.546. The lowest BCUT2D eigenvalue weighted by Crippen LogP contribution is -2.35. The van der Waals surface area contributed by atoms with Gasteiger partial charge in [-0.1, -0.05) is 17.7 Å². The summed E-state index contributed by atoms with van der Waals surface area (Å²) in [5, 5.41) is 3.45. The average Bonchev–Trinajstić information content (AvgIpc) is 2.50. The zero-order chi connectivity index (χ0) is 17.7. The summed E-state index contributed by atoms with van der Waals surface area (Å²) in [5.41, 5.74) is 4.97. The molecule has 7 nitrogen and oxygen atoms in total. The van der Waals surface area contributed by atoms with Crippen LogP contribution in [0.1, 0.15) is 23.0 Å².